The van der Waals surface area contributed by atoms with Gasteiger partial charge in [0.1, 0.15) is 18.1 Å². The third-order valence-corrected chi connectivity index (χ3v) is 7.91. The van der Waals surface area contributed by atoms with E-state index in [9.17, 15) is 26.4 Å². The second-order valence-electron chi connectivity index (χ2n) is 9.46. The van der Waals surface area contributed by atoms with Crippen LogP contribution in [0.1, 0.15) is 48.8 Å². The number of sulfonamides is 1. The van der Waals surface area contributed by atoms with E-state index in [2.05, 4.69) is 21.9 Å². The molecule has 1 aliphatic rings. The van der Waals surface area contributed by atoms with Gasteiger partial charge in [-0.25, -0.2) is 9.71 Å². The van der Waals surface area contributed by atoms with Gasteiger partial charge in [-0.2, -0.15) is 26.6 Å². The Morgan fingerprint density at radius 2 is 1.92 bits per heavy atom. The summed E-state index contributed by atoms with van der Waals surface area (Å²) in [7, 11) is -4.39. The topological polar surface area (TPSA) is 114 Å². The number of pyridine rings is 3. The van der Waals surface area contributed by atoms with Crippen molar-refractivity contribution < 1.29 is 31.1 Å². The van der Waals surface area contributed by atoms with Crippen LogP contribution in [-0.4, -0.2) is 41.4 Å². The lowest BCUT2D eigenvalue weighted by molar-refractivity contribution is -0.141. The predicted octanol–water partition coefficient (Wildman–Crippen LogP) is 4.21. The highest BCUT2D eigenvalue weighted by molar-refractivity contribution is 7.90. The van der Waals surface area contributed by atoms with Crippen molar-refractivity contribution in [3.05, 3.63) is 71.7 Å². The summed E-state index contributed by atoms with van der Waals surface area (Å²) in [6.07, 6.45) is -1.10. The lowest BCUT2D eigenvalue weighted by Crippen LogP contribution is -2.43. The van der Waals surface area contributed by atoms with Crippen LogP contribution >= 0.6 is 0 Å². The summed E-state index contributed by atoms with van der Waals surface area (Å²) in [5, 5.41) is -0.463. The van der Waals surface area contributed by atoms with Crippen molar-refractivity contribution in [1.29, 1.82) is 0 Å². The van der Waals surface area contributed by atoms with Gasteiger partial charge in [0.2, 0.25) is 5.88 Å². The Balaban J connectivity index is 1.48. The van der Waals surface area contributed by atoms with Crippen molar-refractivity contribution in [3.8, 4) is 5.88 Å². The molecule has 0 aromatic carbocycles. The fourth-order valence-corrected chi connectivity index (χ4v) is 5.01. The van der Waals surface area contributed by atoms with Gasteiger partial charge in [0.15, 0.2) is 5.03 Å². The van der Waals surface area contributed by atoms with Crippen LogP contribution in [0.3, 0.4) is 0 Å². The summed E-state index contributed by atoms with van der Waals surface area (Å²) in [6.45, 7) is 6.69. The van der Waals surface area contributed by atoms with Crippen molar-refractivity contribution in [3.63, 3.8) is 0 Å². The van der Waals surface area contributed by atoms with Gasteiger partial charge in [-0.15, -0.1) is 0 Å². The molecule has 202 valence electrons. The van der Waals surface area contributed by atoms with E-state index in [4.69, 9.17) is 4.74 Å². The summed E-state index contributed by atoms with van der Waals surface area (Å²) < 4.78 is 71.5. The number of nitrogens with one attached hydrogen (secondary N) is 1. The van der Waals surface area contributed by atoms with Crippen molar-refractivity contribution in [2.45, 2.75) is 50.5 Å². The Kier molecular flexibility index (Phi) is 7.33. The van der Waals surface area contributed by atoms with Crippen molar-refractivity contribution in [2.75, 3.05) is 11.4 Å². The normalized spacial score (nSPS) is 17.3. The third kappa shape index (κ3) is 5.72. The van der Waals surface area contributed by atoms with E-state index in [1.54, 1.807) is 12.3 Å². The standard InChI is InChI=1S/C25H26F3N5O4S/c1-16-11-13-33(24(16,2)3)22-18(6-5-12-29-22)23(34)32-38(35,36)21-8-4-7-20(31-21)37-15-17-9-10-19(30-14-17)25(26,27)28/h4-10,12,14,16H,11,13,15H2,1-3H3,(H,32,34). The summed E-state index contributed by atoms with van der Waals surface area (Å²) in [5.74, 6) is -0.221. The van der Waals surface area contributed by atoms with Crippen LogP contribution in [-0.2, 0) is 22.8 Å². The van der Waals surface area contributed by atoms with Crippen LogP contribution in [0.5, 0.6) is 5.88 Å². The minimum atomic E-state index is -4.56. The van der Waals surface area contributed by atoms with Gasteiger partial charge >= 0.3 is 6.18 Å². The van der Waals surface area contributed by atoms with Crippen LogP contribution in [0.25, 0.3) is 0 Å². The van der Waals surface area contributed by atoms with Gasteiger partial charge in [-0.1, -0.05) is 19.1 Å². The fraction of sp³-hybridized carbons (Fsp3) is 0.360. The summed E-state index contributed by atoms with van der Waals surface area (Å²) in [4.78, 5) is 26.8. The zero-order valence-electron chi connectivity index (χ0n) is 20.9. The number of ether oxygens (including phenoxy) is 1. The van der Waals surface area contributed by atoms with Gasteiger partial charge in [0.25, 0.3) is 15.9 Å². The Morgan fingerprint density at radius 3 is 2.55 bits per heavy atom. The first-order chi connectivity index (χ1) is 17.8. The first-order valence-corrected chi connectivity index (χ1v) is 13.2. The molecular weight excluding hydrogens is 523 g/mol. The molecule has 3 aromatic heterocycles. The van der Waals surface area contributed by atoms with Gasteiger partial charge in [0, 0.05) is 36.1 Å². The average molecular weight is 550 g/mol. The largest absolute Gasteiger partial charge is 0.473 e. The smallest absolute Gasteiger partial charge is 0.433 e. The number of anilines is 1. The summed E-state index contributed by atoms with van der Waals surface area (Å²) >= 11 is 0. The molecule has 4 rings (SSSR count). The molecule has 38 heavy (non-hydrogen) atoms. The van der Waals surface area contributed by atoms with E-state index in [1.807, 2.05) is 23.5 Å². The molecule has 0 spiro atoms. The average Bonchev–Trinajstić information content (AvgIpc) is 3.14. The van der Waals surface area contributed by atoms with Crippen LogP contribution < -0.4 is 14.4 Å². The highest BCUT2D eigenvalue weighted by Gasteiger charge is 2.40. The number of alkyl halides is 3. The molecule has 13 heteroatoms. The molecule has 1 aliphatic heterocycles. The molecule has 0 saturated carbocycles. The van der Waals surface area contributed by atoms with Crippen LogP contribution in [0.15, 0.2) is 59.9 Å². The molecule has 1 N–H and O–H groups in total. The number of hydrogen-bond acceptors (Lipinski definition) is 8. The van der Waals surface area contributed by atoms with Crippen molar-refractivity contribution in [1.82, 2.24) is 19.7 Å². The molecule has 1 unspecified atom stereocenters. The second-order valence-corrected chi connectivity index (χ2v) is 11.1. The third-order valence-electron chi connectivity index (χ3n) is 6.68. The maximum atomic E-state index is 13.1. The Labute approximate surface area is 218 Å². The molecule has 9 nitrogen and oxygen atoms in total. The van der Waals surface area contributed by atoms with E-state index in [-0.39, 0.29) is 23.6 Å². The van der Waals surface area contributed by atoms with Gasteiger partial charge < -0.3 is 9.64 Å². The Hall–Kier alpha value is -3.74. The monoisotopic (exact) mass is 549 g/mol. The number of carbonyl (C=O) groups is 1. The van der Waals surface area contributed by atoms with E-state index >= 15 is 0 Å². The van der Waals surface area contributed by atoms with Gasteiger partial charge in [-0.05, 0) is 50.5 Å². The molecule has 1 amide bonds. The molecule has 1 atom stereocenters. The van der Waals surface area contributed by atoms with Gasteiger partial charge in [-0.3, -0.25) is 9.78 Å². The zero-order valence-corrected chi connectivity index (χ0v) is 21.7. The molecule has 1 fully saturated rings. The molecule has 4 heterocycles. The lowest BCUT2D eigenvalue weighted by atomic mass is 9.90. The Bertz CT molecular complexity index is 1430. The number of hydrogen-bond donors (Lipinski definition) is 1. The summed E-state index contributed by atoms with van der Waals surface area (Å²) in [5.41, 5.74) is -0.884. The highest BCUT2D eigenvalue weighted by atomic mass is 32.2. The molecule has 0 aliphatic carbocycles. The number of carbonyl (C=O) groups excluding carboxylic acids is 1. The first-order valence-electron chi connectivity index (χ1n) is 11.7. The van der Waals surface area contributed by atoms with Crippen LogP contribution in [0, 0.1) is 5.92 Å². The van der Waals surface area contributed by atoms with E-state index in [1.165, 1.54) is 30.3 Å². The van der Waals surface area contributed by atoms with E-state index < -0.39 is 32.8 Å². The molecular formula is C25H26F3N5O4S. The number of halogens is 3. The first kappa shape index (κ1) is 27.3. The predicted molar refractivity (Wildman–Crippen MR) is 132 cm³/mol. The zero-order chi connectivity index (χ0) is 27.7. The molecule has 1 saturated heterocycles. The van der Waals surface area contributed by atoms with E-state index in [0.717, 1.165) is 18.7 Å². The number of rotatable bonds is 7. The Morgan fingerprint density at radius 1 is 1.16 bits per heavy atom. The second kappa shape index (κ2) is 10.2. The highest BCUT2D eigenvalue weighted by Crippen LogP contribution is 2.38. The van der Waals surface area contributed by atoms with Crippen LogP contribution in [0.4, 0.5) is 19.0 Å². The number of aromatic nitrogens is 3. The SMILES string of the molecule is CC1CCN(c2ncccc2C(=O)NS(=O)(=O)c2cccc(OCc3ccc(C(F)(F)F)nc3)n2)C1(C)C. The molecule has 3 aromatic rings. The van der Waals surface area contributed by atoms with Crippen LogP contribution in [0.2, 0.25) is 0 Å². The maximum absolute atomic E-state index is 13.1. The quantitative estimate of drug-likeness (QED) is 0.466. The van der Waals surface area contributed by atoms with E-state index in [0.29, 0.717) is 23.8 Å². The number of amides is 1. The summed E-state index contributed by atoms with van der Waals surface area (Å²) in [6, 6.07) is 9.03. The fourth-order valence-electron chi connectivity index (χ4n) is 4.09. The number of nitrogens with zero attached hydrogens (tertiary/aromatic N) is 4. The van der Waals surface area contributed by atoms with Crippen molar-refractivity contribution in [2.24, 2.45) is 5.92 Å². The van der Waals surface area contributed by atoms with Crippen molar-refractivity contribution >= 4 is 21.7 Å². The minimum absolute atomic E-state index is 0.102. The minimum Gasteiger partial charge on any atom is -0.473 e. The lowest BCUT2D eigenvalue weighted by Gasteiger charge is -2.36. The maximum Gasteiger partial charge on any atom is 0.433 e. The molecule has 0 radical (unpaired) electrons. The van der Waals surface area contributed by atoms with Gasteiger partial charge in [0.05, 0.1) is 5.56 Å². The molecule has 0 bridgehead atoms.